The van der Waals surface area contributed by atoms with Gasteiger partial charge in [-0.2, -0.15) is 0 Å². The highest BCUT2D eigenvalue weighted by atomic mass is 32.2. The van der Waals surface area contributed by atoms with Gasteiger partial charge in [-0.25, -0.2) is 4.98 Å². The van der Waals surface area contributed by atoms with Gasteiger partial charge in [-0.05, 0) is 36.4 Å². The van der Waals surface area contributed by atoms with Gasteiger partial charge < -0.3 is 15.4 Å². The Kier molecular flexibility index (Phi) is 6.67. The quantitative estimate of drug-likeness (QED) is 0.557. The Bertz CT molecular complexity index is 971. The van der Waals surface area contributed by atoms with Crippen LogP contribution in [0.1, 0.15) is 6.92 Å². The number of nitrogens with zero attached hydrogens (tertiary/aromatic N) is 1. The number of amides is 2. The molecule has 0 bridgehead atoms. The number of anilines is 2. The molecule has 1 aromatic heterocycles. The minimum Gasteiger partial charge on any atom is -0.497 e. The fraction of sp³-hybridized carbons (Fsp3) is 0.150. The zero-order chi connectivity index (χ0) is 19.9. The van der Waals surface area contributed by atoms with E-state index >= 15 is 0 Å². The zero-order valence-electron chi connectivity index (χ0n) is 15.4. The van der Waals surface area contributed by atoms with Gasteiger partial charge >= 0.3 is 0 Å². The van der Waals surface area contributed by atoms with Gasteiger partial charge in [0.1, 0.15) is 5.75 Å². The molecule has 3 rings (SSSR count). The number of carbonyl (C=O) groups excluding carboxylic acids is 2. The summed E-state index contributed by atoms with van der Waals surface area (Å²) >= 11 is 2.80. The van der Waals surface area contributed by atoms with Gasteiger partial charge in [-0.15, -0.1) is 23.1 Å². The second-order valence-corrected chi connectivity index (χ2v) is 7.72. The maximum atomic E-state index is 12.2. The summed E-state index contributed by atoms with van der Waals surface area (Å²) in [6.45, 7) is 1.46. The van der Waals surface area contributed by atoms with Crippen LogP contribution in [0.2, 0.25) is 0 Å². The second kappa shape index (κ2) is 9.38. The van der Waals surface area contributed by atoms with Crippen molar-refractivity contribution >= 4 is 45.7 Å². The molecule has 0 atom stereocenters. The van der Waals surface area contributed by atoms with Crippen LogP contribution in [0.3, 0.4) is 0 Å². The van der Waals surface area contributed by atoms with Crippen molar-refractivity contribution in [2.45, 2.75) is 11.8 Å². The molecule has 0 fully saturated rings. The molecule has 1 heterocycles. The lowest BCUT2D eigenvalue weighted by Crippen LogP contribution is -2.13. The van der Waals surface area contributed by atoms with Gasteiger partial charge in [0.25, 0.3) is 0 Å². The van der Waals surface area contributed by atoms with Crippen molar-refractivity contribution in [1.29, 1.82) is 0 Å². The Balaban J connectivity index is 1.54. The molecule has 0 aliphatic rings. The van der Waals surface area contributed by atoms with E-state index in [-0.39, 0.29) is 17.6 Å². The van der Waals surface area contributed by atoms with E-state index in [0.29, 0.717) is 5.13 Å². The van der Waals surface area contributed by atoms with Gasteiger partial charge in [-0.1, -0.05) is 12.1 Å². The van der Waals surface area contributed by atoms with Crippen molar-refractivity contribution < 1.29 is 14.3 Å². The van der Waals surface area contributed by atoms with E-state index < -0.39 is 0 Å². The summed E-state index contributed by atoms with van der Waals surface area (Å²) in [6, 6.07) is 15.0. The number of methoxy groups -OCH3 is 1. The number of rotatable bonds is 7. The zero-order valence-corrected chi connectivity index (χ0v) is 17.0. The van der Waals surface area contributed by atoms with E-state index in [0.717, 1.165) is 27.6 Å². The van der Waals surface area contributed by atoms with E-state index in [9.17, 15) is 9.59 Å². The Hall–Kier alpha value is -2.84. The Morgan fingerprint density at radius 1 is 1.14 bits per heavy atom. The molecule has 8 heteroatoms. The highest BCUT2D eigenvalue weighted by molar-refractivity contribution is 8.00. The third kappa shape index (κ3) is 5.58. The van der Waals surface area contributed by atoms with Crippen LogP contribution in [-0.2, 0) is 9.59 Å². The van der Waals surface area contributed by atoms with E-state index in [1.165, 1.54) is 30.0 Å². The SMILES string of the molecule is COc1cccc(-c2csc(NC(=O)CSc3ccc(NC(C)=O)cc3)n2)c1. The number of ether oxygens (including phenoxy) is 1. The predicted molar refractivity (Wildman–Crippen MR) is 114 cm³/mol. The maximum Gasteiger partial charge on any atom is 0.236 e. The van der Waals surface area contributed by atoms with Gasteiger partial charge in [0.15, 0.2) is 5.13 Å². The molecule has 0 aliphatic heterocycles. The normalized spacial score (nSPS) is 10.4. The molecular formula is C20H19N3O3S2. The van der Waals surface area contributed by atoms with E-state index in [1.807, 2.05) is 53.9 Å². The molecule has 0 unspecified atom stereocenters. The van der Waals surface area contributed by atoms with Crippen molar-refractivity contribution in [3.63, 3.8) is 0 Å². The minimum absolute atomic E-state index is 0.114. The summed E-state index contributed by atoms with van der Waals surface area (Å²) in [7, 11) is 1.62. The van der Waals surface area contributed by atoms with Crippen LogP contribution in [0, 0.1) is 0 Å². The van der Waals surface area contributed by atoms with Crippen molar-refractivity contribution in [2.24, 2.45) is 0 Å². The van der Waals surface area contributed by atoms with Gasteiger partial charge in [0.2, 0.25) is 11.8 Å². The second-order valence-electron chi connectivity index (χ2n) is 5.81. The monoisotopic (exact) mass is 413 g/mol. The minimum atomic E-state index is -0.123. The molecule has 0 spiro atoms. The van der Waals surface area contributed by atoms with Crippen LogP contribution in [0.15, 0.2) is 58.8 Å². The van der Waals surface area contributed by atoms with Crippen molar-refractivity contribution in [2.75, 3.05) is 23.5 Å². The molecule has 2 aromatic carbocycles. The van der Waals surface area contributed by atoms with Crippen LogP contribution in [0.5, 0.6) is 5.75 Å². The fourth-order valence-corrected chi connectivity index (χ4v) is 3.82. The first kappa shape index (κ1) is 19.9. The number of thioether (sulfide) groups is 1. The number of nitrogens with one attached hydrogen (secondary N) is 2. The molecule has 6 nitrogen and oxygen atoms in total. The molecular weight excluding hydrogens is 394 g/mol. The molecule has 0 saturated heterocycles. The van der Waals surface area contributed by atoms with E-state index in [4.69, 9.17) is 4.74 Å². The van der Waals surface area contributed by atoms with Crippen LogP contribution in [-0.4, -0.2) is 29.7 Å². The molecule has 144 valence electrons. The predicted octanol–water partition coefficient (Wildman–Crippen LogP) is 4.51. The number of thiazole rings is 1. The first-order chi connectivity index (χ1) is 13.5. The Morgan fingerprint density at radius 2 is 1.93 bits per heavy atom. The number of hydrogen-bond donors (Lipinski definition) is 2. The largest absolute Gasteiger partial charge is 0.497 e. The van der Waals surface area contributed by atoms with Gasteiger partial charge in [0.05, 0.1) is 18.6 Å². The van der Waals surface area contributed by atoms with Crippen LogP contribution >= 0.6 is 23.1 Å². The molecule has 2 amide bonds. The van der Waals surface area contributed by atoms with E-state index in [1.54, 1.807) is 7.11 Å². The van der Waals surface area contributed by atoms with E-state index in [2.05, 4.69) is 15.6 Å². The van der Waals surface area contributed by atoms with Crippen molar-refractivity contribution in [3.05, 3.63) is 53.9 Å². The summed E-state index contributed by atoms with van der Waals surface area (Å²) < 4.78 is 5.23. The van der Waals surface area contributed by atoms with Gasteiger partial charge in [0, 0.05) is 28.5 Å². The highest BCUT2D eigenvalue weighted by Crippen LogP contribution is 2.28. The number of benzene rings is 2. The Morgan fingerprint density at radius 3 is 2.64 bits per heavy atom. The molecule has 0 saturated carbocycles. The number of aromatic nitrogens is 1. The Labute approximate surface area is 171 Å². The van der Waals surface area contributed by atoms with Crippen LogP contribution in [0.25, 0.3) is 11.3 Å². The lowest BCUT2D eigenvalue weighted by atomic mass is 10.2. The smallest absolute Gasteiger partial charge is 0.236 e. The third-order valence-corrected chi connectivity index (χ3v) is 5.43. The summed E-state index contributed by atoms with van der Waals surface area (Å²) in [6.07, 6.45) is 0. The summed E-state index contributed by atoms with van der Waals surface area (Å²) in [4.78, 5) is 28.6. The lowest BCUT2D eigenvalue weighted by molar-refractivity contribution is -0.114. The topological polar surface area (TPSA) is 80.3 Å². The van der Waals surface area contributed by atoms with Gasteiger partial charge in [-0.3, -0.25) is 9.59 Å². The molecule has 3 aromatic rings. The summed E-state index contributed by atoms with van der Waals surface area (Å²) in [5.74, 6) is 0.795. The first-order valence-electron chi connectivity index (χ1n) is 8.44. The molecule has 0 radical (unpaired) electrons. The molecule has 2 N–H and O–H groups in total. The fourth-order valence-electron chi connectivity index (χ4n) is 2.39. The van der Waals surface area contributed by atoms with Crippen LogP contribution < -0.4 is 15.4 Å². The summed E-state index contributed by atoms with van der Waals surface area (Å²) in [5, 5.41) is 8.00. The van der Waals surface area contributed by atoms with Crippen LogP contribution in [0.4, 0.5) is 10.8 Å². The highest BCUT2D eigenvalue weighted by Gasteiger charge is 2.09. The maximum absolute atomic E-state index is 12.2. The third-order valence-electron chi connectivity index (χ3n) is 3.66. The first-order valence-corrected chi connectivity index (χ1v) is 10.3. The average molecular weight is 414 g/mol. The molecule has 28 heavy (non-hydrogen) atoms. The standard InChI is InChI=1S/C20H19N3O3S2/c1-13(24)21-15-6-8-17(9-7-15)27-12-19(25)23-20-22-18(11-28-20)14-4-3-5-16(10-14)26-2/h3-11H,12H2,1-2H3,(H,21,24)(H,22,23,25). The number of hydrogen-bond acceptors (Lipinski definition) is 6. The van der Waals surface area contributed by atoms with Crippen molar-refractivity contribution in [3.8, 4) is 17.0 Å². The summed E-state index contributed by atoms with van der Waals surface area (Å²) in [5.41, 5.74) is 2.46. The molecule has 0 aliphatic carbocycles. The lowest BCUT2D eigenvalue weighted by Gasteiger charge is -2.05. The number of carbonyl (C=O) groups is 2. The van der Waals surface area contributed by atoms with Crippen molar-refractivity contribution in [1.82, 2.24) is 4.98 Å². The average Bonchev–Trinajstić information content (AvgIpc) is 3.15.